The Labute approximate surface area is 114 Å². The van der Waals surface area contributed by atoms with Gasteiger partial charge in [-0.05, 0) is 30.5 Å². The Morgan fingerprint density at radius 3 is 2.58 bits per heavy atom. The van der Waals surface area contributed by atoms with Crippen molar-refractivity contribution >= 4 is 0 Å². The number of methoxy groups -OCH3 is 2. The Hall–Kier alpha value is -1.10. The molecule has 1 aromatic carbocycles. The molecule has 1 aliphatic heterocycles. The molecule has 106 valence electrons. The molecule has 0 amide bonds. The summed E-state index contributed by atoms with van der Waals surface area (Å²) in [4.78, 5) is 2.41. The number of piperidine rings is 1. The number of aliphatic hydroxyl groups is 1. The molecule has 4 nitrogen and oxygen atoms in total. The zero-order chi connectivity index (χ0) is 13.7. The minimum atomic E-state index is 0.0722. The first-order valence-corrected chi connectivity index (χ1v) is 6.78. The summed E-state index contributed by atoms with van der Waals surface area (Å²) in [6.07, 6.45) is 2.57. The Morgan fingerprint density at radius 1 is 1.26 bits per heavy atom. The van der Waals surface area contributed by atoms with Gasteiger partial charge in [-0.15, -0.1) is 0 Å². The van der Waals surface area contributed by atoms with Crippen LogP contribution in [0, 0.1) is 0 Å². The summed E-state index contributed by atoms with van der Waals surface area (Å²) >= 11 is 0. The SMILES string of the molecule is COc1ccc(CO)cc1CN1CCC(OC)CC1. The van der Waals surface area contributed by atoms with E-state index in [9.17, 15) is 5.11 Å². The molecule has 2 rings (SSSR count). The van der Waals surface area contributed by atoms with Gasteiger partial charge in [0.15, 0.2) is 0 Å². The Bertz CT molecular complexity index is 400. The molecule has 1 N–H and O–H groups in total. The molecule has 4 heteroatoms. The van der Waals surface area contributed by atoms with E-state index in [-0.39, 0.29) is 6.61 Å². The highest BCUT2D eigenvalue weighted by molar-refractivity contribution is 5.37. The molecule has 19 heavy (non-hydrogen) atoms. The van der Waals surface area contributed by atoms with Gasteiger partial charge in [0.1, 0.15) is 5.75 Å². The number of benzene rings is 1. The number of rotatable bonds is 5. The van der Waals surface area contributed by atoms with Gasteiger partial charge in [0.05, 0.1) is 19.8 Å². The Balaban J connectivity index is 2.02. The van der Waals surface area contributed by atoms with Crippen LogP contribution >= 0.6 is 0 Å². The maximum absolute atomic E-state index is 9.23. The van der Waals surface area contributed by atoms with Crippen LogP contribution in [0.1, 0.15) is 24.0 Å². The molecular formula is C15H23NO3. The fourth-order valence-electron chi connectivity index (χ4n) is 2.60. The van der Waals surface area contributed by atoms with Crippen molar-refractivity contribution in [3.8, 4) is 5.75 Å². The fourth-order valence-corrected chi connectivity index (χ4v) is 2.60. The standard InChI is InChI=1S/C15H23NO3/c1-18-14-5-7-16(8-6-14)10-13-9-12(11-17)3-4-15(13)19-2/h3-4,9,14,17H,5-8,10-11H2,1-2H3. The van der Waals surface area contributed by atoms with Crippen LogP contribution in [0.3, 0.4) is 0 Å². The monoisotopic (exact) mass is 265 g/mol. The lowest BCUT2D eigenvalue weighted by Gasteiger charge is -2.31. The first kappa shape index (κ1) is 14.3. The van der Waals surface area contributed by atoms with Gasteiger partial charge in [0.2, 0.25) is 0 Å². The second-order valence-electron chi connectivity index (χ2n) is 5.02. The van der Waals surface area contributed by atoms with Gasteiger partial charge in [-0.3, -0.25) is 4.90 Å². The Kier molecular flexibility index (Phi) is 5.19. The quantitative estimate of drug-likeness (QED) is 0.881. The van der Waals surface area contributed by atoms with Crippen molar-refractivity contribution in [2.24, 2.45) is 0 Å². The van der Waals surface area contributed by atoms with Crippen molar-refractivity contribution in [1.82, 2.24) is 4.90 Å². The van der Waals surface area contributed by atoms with E-state index in [0.29, 0.717) is 6.10 Å². The van der Waals surface area contributed by atoms with Crippen LogP contribution in [0.4, 0.5) is 0 Å². The zero-order valence-electron chi connectivity index (χ0n) is 11.8. The van der Waals surface area contributed by atoms with Crippen LogP contribution in [0.15, 0.2) is 18.2 Å². The van der Waals surface area contributed by atoms with Crippen LogP contribution in [-0.2, 0) is 17.9 Å². The summed E-state index contributed by atoms with van der Waals surface area (Å²) in [6.45, 7) is 3.03. The minimum Gasteiger partial charge on any atom is -0.496 e. The van der Waals surface area contributed by atoms with Crippen LogP contribution in [0.2, 0.25) is 0 Å². The third-order valence-corrected chi connectivity index (χ3v) is 3.79. The maximum atomic E-state index is 9.23. The van der Waals surface area contributed by atoms with Crippen LogP contribution in [-0.4, -0.2) is 43.4 Å². The zero-order valence-corrected chi connectivity index (χ0v) is 11.8. The van der Waals surface area contributed by atoms with Crippen LogP contribution in [0.25, 0.3) is 0 Å². The fraction of sp³-hybridized carbons (Fsp3) is 0.600. The molecule has 0 aromatic heterocycles. The predicted octanol–water partition coefficient (Wildman–Crippen LogP) is 1.80. The lowest BCUT2D eigenvalue weighted by atomic mass is 10.1. The molecule has 1 heterocycles. The minimum absolute atomic E-state index is 0.0722. The largest absolute Gasteiger partial charge is 0.496 e. The van der Waals surface area contributed by atoms with Gasteiger partial charge in [-0.2, -0.15) is 0 Å². The first-order valence-electron chi connectivity index (χ1n) is 6.78. The molecule has 1 fully saturated rings. The lowest BCUT2D eigenvalue weighted by Crippen LogP contribution is -2.36. The van der Waals surface area contributed by atoms with Gasteiger partial charge >= 0.3 is 0 Å². The van der Waals surface area contributed by atoms with Crippen molar-refractivity contribution in [3.63, 3.8) is 0 Å². The van der Waals surface area contributed by atoms with Crippen LogP contribution < -0.4 is 4.74 Å². The summed E-state index contributed by atoms with van der Waals surface area (Å²) in [5, 5.41) is 9.23. The molecule has 0 unspecified atom stereocenters. The van der Waals surface area contributed by atoms with E-state index in [1.807, 2.05) is 18.2 Å². The van der Waals surface area contributed by atoms with E-state index in [2.05, 4.69) is 4.90 Å². The summed E-state index contributed by atoms with van der Waals surface area (Å²) in [6, 6.07) is 5.86. The third-order valence-electron chi connectivity index (χ3n) is 3.79. The average molecular weight is 265 g/mol. The third kappa shape index (κ3) is 3.69. The van der Waals surface area contributed by atoms with E-state index in [1.54, 1.807) is 14.2 Å². The van der Waals surface area contributed by atoms with Crippen molar-refractivity contribution in [2.75, 3.05) is 27.3 Å². The number of nitrogens with zero attached hydrogens (tertiary/aromatic N) is 1. The van der Waals surface area contributed by atoms with Gasteiger partial charge in [0.25, 0.3) is 0 Å². The molecule has 0 atom stereocenters. The average Bonchev–Trinajstić information content (AvgIpc) is 2.48. The molecular weight excluding hydrogens is 242 g/mol. The van der Waals surface area contributed by atoms with Crippen molar-refractivity contribution in [2.45, 2.75) is 32.1 Å². The van der Waals surface area contributed by atoms with Crippen LogP contribution in [0.5, 0.6) is 5.75 Å². The number of ether oxygens (including phenoxy) is 2. The first-order chi connectivity index (χ1) is 9.26. The molecule has 0 aliphatic carbocycles. The number of hydrogen-bond donors (Lipinski definition) is 1. The summed E-state index contributed by atoms with van der Waals surface area (Å²) in [5.41, 5.74) is 2.08. The smallest absolute Gasteiger partial charge is 0.123 e. The maximum Gasteiger partial charge on any atom is 0.123 e. The van der Waals surface area contributed by atoms with Crippen molar-refractivity contribution in [1.29, 1.82) is 0 Å². The van der Waals surface area contributed by atoms with Crippen molar-refractivity contribution < 1.29 is 14.6 Å². The molecule has 0 spiro atoms. The molecule has 1 aliphatic rings. The summed E-state index contributed by atoms with van der Waals surface area (Å²) in [5.74, 6) is 0.895. The van der Waals surface area contributed by atoms with E-state index < -0.39 is 0 Å². The van der Waals surface area contributed by atoms with Gasteiger partial charge < -0.3 is 14.6 Å². The lowest BCUT2D eigenvalue weighted by molar-refractivity contribution is 0.0387. The van der Waals surface area contributed by atoms with Gasteiger partial charge in [0, 0.05) is 32.3 Å². The highest BCUT2D eigenvalue weighted by Gasteiger charge is 2.19. The highest BCUT2D eigenvalue weighted by Crippen LogP contribution is 2.23. The van der Waals surface area contributed by atoms with E-state index in [4.69, 9.17) is 9.47 Å². The summed E-state index contributed by atoms with van der Waals surface area (Å²) < 4.78 is 10.8. The highest BCUT2D eigenvalue weighted by atomic mass is 16.5. The predicted molar refractivity (Wildman–Crippen MR) is 74.2 cm³/mol. The second kappa shape index (κ2) is 6.89. The van der Waals surface area contributed by atoms with Gasteiger partial charge in [-0.25, -0.2) is 0 Å². The van der Waals surface area contributed by atoms with Crippen molar-refractivity contribution in [3.05, 3.63) is 29.3 Å². The van der Waals surface area contributed by atoms with E-state index in [1.165, 1.54) is 0 Å². The van der Waals surface area contributed by atoms with E-state index >= 15 is 0 Å². The number of likely N-dealkylation sites (tertiary alicyclic amines) is 1. The topological polar surface area (TPSA) is 41.9 Å². The normalized spacial score (nSPS) is 17.6. The molecule has 0 bridgehead atoms. The number of hydrogen-bond acceptors (Lipinski definition) is 4. The molecule has 0 saturated carbocycles. The summed E-state index contributed by atoms with van der Waals surface area (Å²) in [7, 11) is 3.47. The number of aliphatic hydroxyl groups excluding tert-OH is 1. The molecule has 1 aromatic rings. The van der Waals surface area contributed by atoms with E-state index in [0.717, 1.165) is 49.4 Å². The molecule has 0 radical (unpaired) electrons. The second-order valence-corrected chi connectivity index (χ2v) is 5.02. The van der Waals surface area contributed by atoms with Gasteiger partial charge in [-0.1, -0.05) is 6.07 Å². The molecule has 1 saturated heterocycles. The Morgan fingerprint density at radius 2 is 2.00 bits per heavy atom.